The quantitative estimate of drug-likeness (QED) is 0.163. The summed E-state index contributed by atoms with van der Waals surface area (Å²) < 4.78 is 18.1. The zero-order valence-corrected chi connectivity index (χ0v) is 16.6. The van der Waals surface area contributed by atoms with Crippen molar-refractivity contribution in [3.8, 4) is 0 Å². The van der Waals surface area contributed by atoms with Crippen molar-refractivity contribution in [1.82, 2.24) is 10.6 Å². The highest BCUT2D eigenvalue weighted by Gasteiger charge is 2.22. The minimum Gasteiger partial charge on any atom is -0.459 e. The van der Waals surface area contributed by atoms with Crippen LogP contribution in [0.4, 0.5) is 4.39 Å². The van der Waals surface area contributed by atoms with Gasteiger partial charge in [-0.2, -0.15) is 4.39 Å². The van der Waals surface area contributed by atoms with Crippen molar-refractivity contribution in [2.24, 2.45) is 5.16 Å². The van der Waals surface area contributed by atoms with Crippen LogP contribution in [0.5, 0.6) is 0 Å². The average molecular weight is 415 g/mol. The molecule has 0 aliphatic carbocycles. The maximum atomic E-state index is 12.7. The van der Waals surface area contributed by atoms with Crippen molar-refractivity contribution in [1.29, 1.82) is 0 Å². The molecule has 2 aromatic carbocycles. The van der Waals surface area contributed by atoms with Gasteiger partial charge in [0.15, 0.2) is 0 Å². The SMILES string of the molecule is O=C(NC(CCCCNCC(F)=NO)C(=O)OCc1ccccc1)c1ccccc1. The first kappa shape index (κ1) is 23.0. The third kappa shape index (κ3) is 8.40. The van der Waals surface area contributed by atoms with E-state index >= 15 is 0 Å². The molecular weight excluding hydrogens is 389 g/mol. The standard InChI is InChI=1S/C22H26FN3O4/c23-20(26-29)15-24-14-8-7-13-19(25-21(27)18-11-5-2-6-12-18)22(28)30-16-17-9-3-1-4-10-17/h1-6,9-12,19,24,29H,7-8,13-16H2,(H,25,27). The van der Waals surface area contributed by atoms with Crippen LogP contribution in [0.3, 0.4) is 0 Å². The molecule has 0 saturated heterocycles. The Hall–Kier alpha value is -3.26. The Kier molecular flexibility index (Phi) is 10.0. The molecule has 0 spiro atoms. The summed E-state index contributed by atoms with van der Waals surface area (Å²) >= 11 is 0. The van der Waals surface area contributed by atoms with Crippen LogP contribution >= 0.6 is 0 Å². The number of nitrogens with zero attached hydrogens (tertiary/aromatic N) is 1. The second-order valence-electron chi connectivity index (χ2n) is 6.63. The molecule has 0 aromatic heterocycles. The summed E-state index contributed by atoms with van der Waals surface area (Å²) in [6, 6.07) is 17.1. The highest BCUT2D eigenvalue weighted by molar-refractivity contribution is 5.96. The van der Waals surface area contributed by atoms with Crippen molar-refractivity contribution >= 4 is 17.8 Å². The monoisotopic (exact) mass is 415 g/mol. The van der Waals surface area contributed by atoms with Crippen LogP contribution in [0.25, 0.3) is 0 Å². The molecule has 8 heteroatoms. The van der Waals surface area contributed by atoms with Gasteiger partial charge in [-0.3, -0.25) is 4.79 Å². The van der Waals surface area contributed by atoms with Crippen LogP contribution in [0.1, 0.15) is 35.2 Å². The van der Waals surface area contributed by atoms with Gasteiger partial charge in [0.2, 0.25) is 5.97 Å². The number of rotatable bonds is 12. The Bertz CT molecular complexity index is 816. The summed E-state index contributed by atoms with van der Waals surface area (Å²) in [5, 5.41) is 16.2. The van der Waals surface area contributed by atoms with E-state index in [4.69, 9.17) is 9.94 Å². The van der Waals surface area contributed by atoms with Crippen molar-refractivity contribution in [3.63, 3.8) is 0 Å². The first-order chi connectivity index (χ1) is 14.6. The number of nitrogens with one attached hydrogen (secondary N) is 2. The Morgan fingerprint density at radius 3 is 2.37 bits per heavy atom. The highest BCUT2D eigenvalue weighted by atomic mass is 19.1. The third-order valence-corrected chi connectivity index (χ3v) is 4.33. The van der Waals surface area contributed by atoms with Crippen LogP contribution in [0.15, 0.2) is 65.8 Å². The van der Waals surface area contributed by atoms with Gasteiger partial charge in [0.25, 0.3) is 5.91 Å². The molecule has 1 unspecified atom stereocenters. The summed E-state index contributed by atoms with van der Waals surface area (Å²) in [5.41, 5.74) is 1.31. The number of carbonyl (C=O) groups is 2. The van der Waals surface area contributed by atoms with E-state index in [0.717, 1.165) is 5.56 Å². The van der Waals surface area contributed by atoms with E-state index in [0.29, 0.717) is 31.4 Å². The largest absolute Gasteiger partial charge is 0.459 e. The predicted octanol–water partition coefficient (Wildman–Crippen LogP) is 3.05. The fourth-order valence-corrected chi connectivity index (χ4v) is 2.73. The molecule has 2 rings (SSSR count). The fraction of sp³-hybridized carbons (Fsp3) is 0.318. The van der Waals surface area contributed by atoms with Crippen molar-refractivity contribution in [2.45, 2.75) is 31.9 Å². The minimum absolute atomic E-state index is 0.124. The van der Waals surface area contributed by atoms with E-state index in [2.05, 4.69) is 15.8 Å². The lowest BCUT2D eigenvalue weighted by Gasteiger charge is -2.18. The predicted molar refractivity (Wildman–Crippen MR) is 111 cm³/mol. The van der Waals surface area contributed by atoms with Gasteiger partial charge in [0.1, 0.15) is 12.6 Å². The molecule has 30 heavy (non-hydrogen) atoms. The van der Waals surface area contributed by atoms with E-state index in [1.807, 2.05) is 30.3 Å². The molecule has 0 heterocycles. The molecular formula is C22H26FN3O4. The van der Waals surface area contributed by atoms with Gasteiger partial charge in [-0.25, -0.2) is 4.79 Å². The van der Waals surface area contributed by atoms with E-state index < -0.39 is 18.0 Å². The maximum Gasteiger partial charge on any atom is 0.328 e. The number of esters is 1. The molecule has 1 amide bonds. The number of halogens is 1. The molecule has 0 radical (unpaired) electrons. The summed E-state index contributed by atoms with van der Waals surface area (Å²) in [5.74, 6) is -1.75. The molecule has 0 bridgehead atoms. The average Bonchev–Trinajstić information content (AvgIpc) is 2.79. The molecule has 0 aliphatic heterocycles. The normalized spacial score (nSPS) is 12.2. The number of hydrogen-bond donors (Lipinski definition) is 3. The van der Waals surface area contributed by atoms with E-state index in [-0.39, 0.29) is 19.1 Å². The van der Waals surface area contributed by atoms with Gasteiger partial charge in [-0.15, -0.1) is 0 Å². The van der Waals surface area contributed by atoms with E-state index in [1.165, 1.54) is 0 Å². The van der Waals surface area contributed by atoms with Crippen LogP contribution in [-0.4, -0.2) is 42.2 Å². The van der Waals surface area contributed by atoms with Crippen molar-refractivity contribution in [3.05, 3.63) is 71.8 Å². The Morgan fingerprint density at radius 1 is 1.03 bits per heavy atom. The molecule has 0 saturated carbocycles. The number of carbonyl (C=O) groups excluding carboxylic acids is 2. The summed E-state index contributed by atoms with van der Waals surface area (Å²) in [7, 11) is 0. The Morgan fingerprint density at radius 2 is 1.70 bits per heavy atom. The number of hydrogen-bond acceptors (Lipinski definition) is 6. The van der Waals surface area contributed by atoms with Gasteiger partial charge in [0, 0.05) is 5.56 Å². The van der Waals surface area contributed by atoms with Crippen LogP contribution in [-0.2, 0) is 16.1 Å². The Labute approximate surface area is 174 Å². The number of amides is 1. The van der Waals surface area contributed by atoms with Gasteiger partial charge in [0.05, 0.1) is 6.54 Å². The first-order valence-corrected chi connectivity index (χ1v) is 9.73. The zero-order chi connectivity index (χ0) is 21.6. The van der Waals surface area contributed by atoms with Gasteiger partial charge in [-0.1, -0.05) is 53.7 Å². The van der Waals surface area contributed by atoms with E-state index in [1.54, 1.807) is 30.3 Å². The highest BCUT2D eigenvalue weighted by Crippen LogP contribution is 2.08. The van der Waals surface area contributed by atoms with E-state index in [9.17, 15) is 14.0 Å². The molecule has 160 valence electrons. The van der Waals surface area contributed by atoms with Gasteiger partial charge in [-0.05, 0) is 43.5 Å². The second kappa shape index (κ2) is 13.1. The van der Waals surface area contributed by atoms with Crippen LogP contribution in [0.2, 0.25) is 0 Å². The Balaban J connectivity index is 1.88. The second-order valence-corrected chi connectivity index (χ2v) is 6.63. The van der Waals surface area contributed by atoms with Gasteiger partial charge >= 0.3 is 5.97 Å². The fourth-order valence-electron chi connectivity index (χ4n) is 2.73. The summed E-state index contributed by atoms with van der Waals surface area (Å²) in [6.45, 7) is 0.434. The minimum atomic E-state index is -0.896. The van der Waals surface area contributed by atoms with Crippen molar-refractivity contribution < 1.29 is 23.9 Å². The lowest BCUT2D eigenvalue weighted by Crippen LogP contribution is -2.42. The summed E-state index contributed by atoms with van der Waals surface area (Å²) in [4.78, 5) is 25.1. The topological polar surface area (TPSA) is 100 Å². The molecule has 3 N–H and O–H groups in total. The number of benzene rings is 2. The molecule has 2 aromatic rings. The first-order valence-electron chi connectivity index (χ1n) is 9.73. The number of ether oxygens (including phenoxy) is 1. The summed E-state index contributed by atoms with van der Waals surface area (Å²) in [6.07, 6.45) is 1.62. The molecule has 7 nitrogen and oxygen atoms in total. The van der Waals surface area contributed by atoms with Gasteiger partial charge < -0.3 is 20.6 Å². The molecule has 0 fully saturated rings. The molecule has 0 aliphatic rings. The van der Waals surface area contributed by atoms with Crippen LogP contribution in [0, 0.1) is 0 Å². The van der Waals surface area contributed by atoms with Crippen molar-refractivity contribution in [2.75, 3.05) is 13.1 Å². The maximum absolute atomic E-state index is 12.7. The third-order valence-electron chi connectivity index (χ3n) is 4.33. The number of unbranched alkanes of at least 4 members (excludes halogenated alkanes) is 1. The number of oxime groups is 1. The lowest BCUT2D eigenvalue weighted by atomic mass is 10.1. The smallest absolute Gasteiger partial charge is 0.328 e. The molecule has 1 atom stereocenters. The van der Waals surface area contributed by atoms with Crippen LogP contribution < -0.4 is 10.6 Å². The zero-order valence-electron chi connectivity index (χ0n) is 16.6. The lowest BCUT2D eigenvalue weighted by molar-refractivity contribution is -0.147.